The first-order valence-corrected chi connectivity index (χ1v) is 6.84. The minimum Gasteiger partial charge on any atom is -0.384 e. The predicted octanol–water partition coefficient (Wildman–Crippen LogP) is 2.59. The third kappa shape index (κ3) is 3.33. The molecule has 3 nitrogen and oxygen atoms in total. The predicted molar refractivity (Wildman–Crippen MR) is 75.8 cm³/mol. The number of nitrogens with zero attached hydrogens (tertiary/aromatic N) is 1. The zero-order chi connectivity index (χ0) is 13.0. The van der Waals surface area contributed by atoms with Crippen molar-refractivity contribution >= 4 is 5.84 Å². The standard InChI is InChI=1S/C15H23N3/c1-2-3-12-8-9-18(10-12)11-13-4-6-14(7-5-13)15(16)17/h4-7,12H,2-3,8-11H2,1H3,(H3,16,17). The van der Waals surface area contributed by atoms with Crippen LogP contribution in [0, 0.1) is 11.3 Å². The molecule has 2 rings (SSSR count). The Kier molecular flexibility index (Phi) is 4.37. The summed E-state index contributed by atoms with van der Waals surface area (Å²) in [5.74, 6) is 1.04. The highest BCUT2D eigenvalue weighted by Gasteiger charge is 2.21. The molecule has 98 valence electrons. The molecule has 0 saturated carbocycles. The minimum absolute atomic E-state index is 0.144. The Bertz CT molecular complexity index is 397. The molecule has 1 aliphatic rings. The summed E-state index contributed by atoms with van der Waals surface area (Å²) >= 11 is 0. The number of amidine groups is 1. The van der Waals surface area contributed by atoms with Crippen molar-refractivity contribution in [3.8, 4) is 0 Å². The smallest absolute Gasteiger partial charge is 0.122 e. The van der Waals surface area contributed by atoms with Gasteiger partial charge in [-0.05, 0) is 30.9 Å². The summed E-state index contributed by atoms with van der Waals surface area (Å²) in [6.07, 6.45) is 4.00. The Hall–Kier alpha value is -1.35. The number of hydrogen-bond acceptors (Lipinski definition) is 2. The summed E-state index contributed by atoms with van der Waals surface area (Å²) in [4.78, 5) is 2.53. The normalized spacial score (nSPS) is 20.2. The van der Waals surface area contributed by atoms with Crippen molar-refractivity contribution in [3.05, 3.63) is 35.4 Å². The molecule has 0 radical (unpaired) electrons. The molecule has 0 spiro atoms. The molecule has 1 aromatic rings. The van der Waals surface area contributed by atoms with E-state index in [1.54, 1.807) is 0 Å². The monoisotopic (exact) mass is 245 g/mol. The molecule has 0 amide bonds. The lowest BCUT2D eigenvalue weighted by molar-refractivity contribution is 0.313. The molecule has 1 fully saturated rings. The zero-order valence-corrected chi connectivity index (χ0v) is 11.2. The molecule has 3 N–H and O–H groups in total. The molecule has 18 heavy (non-hydrogen) atoms. The highest BCUT2D eigenvalue weighted by Crippen LogP contribution is 2.22. The van der Waals surface area contributed by atoms with Crippen molar-refractivity contribution in [1.82, 2.24) is 4.90 Å². The van der Waals surface area contributed by atoms with Gasteiger partial charge >= 0.3 is 0 Å². The Morgan fingerprint density at radius 2 is 2.11 bits per heavy atom. The molecule has 3 heteroatoms. The summed E-state index contributed by atoms with van der Waals surface area (Å²) in [5.41, 5.74) is 7.58. The van der Waals surface area contributed by atoms with Crippen LogP contribution in [0.25, 0.3) is 0 Å². The molecular formula is C15H23N3. The van der Waals surface area contributed by atoms with Gasteiger partial charge in [-0.15, -0.1) is 0 Å². The maximum atomic E-state index is 7.37. The number of nitrogens with two attached hydrogens (primary N) is 1. The second kappa shape index (κ2) is 6.01. The van der Waals surface area contributed by atoms with Crippen molar-refractivity contribution in [2.45, 2.75) is 32.7 Å². The van der Waals surface area contributed by atoms with E-state index in [0.717, 1.165) is 18.0 Å². The lowest BCUT2D eigenvalue weighted by atomic mass is 10.0. The van der Waals surface area contributed by atoms with Crippen LogP contribution in [0.15, 0.2) is 24.3 Å². The van der Waals surface area contributed by atoms with Gasteiger partial charge in [-0.2, -0.15) is 0 Å². The van der Waals surface area contributed by atoms with E-state index in [-0.39, 0.29) is 5.84 Å². The molecule has 1 heterocycles. The van der Waals surface area contributed by atoms with Gasteiger partial charge in [0.2, 0.25) is 0 Å². The number of nitrogens with one attached hydrogen (secondary N) is 1. The van der Waals surface area contributed by atoms with Gasteiger partial charge in [0.1, 0.15) is 5.84 Å². The lowest BCUT2D eigenvalue weighted by Crippen LogP contribution is -2.20. The third-order valence-electron chi connectivity index (χ3n) is 3.74. The number of nitrogen functional groups attached to an aromatic ring is 1. The SMILES string of the molecule is CCCC1CCN(Cc2ccc(C(=N)N)cc2)C1. The highest BCUT2D eigenvalue weighted by atomic mass is 15.1. The van der Waals surface area contributed by atoms with E-state index in [1.807, 2.05) is 12.1 Å². The second-order valence-corrected chi connectivity index (χ2v) is 5.29. The third-order valence-corrected chi connectivity index (χ3v) is 3.74. The van der Waals surface area contributed by atoms with Crippen LogP contribution in [0.5, 0.6) is 0 Å². The fraction of sp³-hybridized carbons (Fsp3) is 0.533. The van der Waals surface area contributed by atoms with Gasteiger partial charge in [-0.3, -0.25) is 10.3 Å². The van der Waals surface area contributed by atoms with Gasteiger partial charge in [-0.25, -0.2) is 0 Å². The summed E-state index contributed by atoms with van der Waals surface area (Å²) in [7, 11) is 0. The summed E-state index contributed by atoms with van der Waals surface area (Å²) in [6, 6.07) is 8.06. The second-order valence-electron chi connectivity index (χ2n) is 5.29. The van der Waals surface area contributed by atoms with Crippen LogP contribution >= 0.6 is 0 Å². The van der Waals surface area contributed by atoms with E-state index >= 15 is 0 Å². The van der Waals surface area contributed by atoms with Gasteiger partial charge in [0, 0.05) is 18.7 Å². The zero-order valence-electron chi connectivity index (χ0n) is 11.2. The van der Waals surface area contributed by atoms with Crippen LogP contribution < -0.4 is 5.73 Å². The number of rotatable bonds is 5. The first-order valence-electron chi connectivity index (χ1n) is 6.84. The molecule has 0 aliphatic carbocycles. The van der Waals surface area contributed by atoms with E-state index in [0.29, 0.717) is 0 Å². The van der Waals surface area contributed by atoms with E-state index < -0.39 is 0 Å². The van der Waals surface area contributed by atoms with Crippen LogP contribution in [-0.2, 0) is 6.54 Å². The molecule has 0 bridgehead atoms. The molecule has 1 atom stereocenters. The average Bonchev–Trinajstić information content (AvgIpc) is 2.78. The summed E-state index contributed by atoms with van der Waals surface area (Å²) in [6.45, 7) is 5.75. The maximum absolute atomic E-state index is 7.37. The van der Waals surface area contributed by atoms with Crippen LogP contribution in [0.2, 0.25) is 0 Å². The topological polar surface area (TPSA) is 53.1 Å². The van der Waals surface area contributed by atoms with Gasteiger partial charge in [-0.1, -0.05) is 37.6 Å². The minimum atomic E-state index is 0.144. The Morgan fingerprint density at radius 3 is 2.72 bits per heavy atom. The first-order chi connectivity index (χ1) is 8.69. The van der Waals surface area contributed by atoms with Crippen molar-refractivity contribution in [3.63, 3.8) is 0 Å². The molecular weight excluding hydrogens is 222 g/mol. The average molecular weight is 245 g/mol. The molecule has 1 aliphatic heterocycles. The number of likely N-dealkylation sites (tertiary alicyclic amines) is 1. The van der Waals surface area contributed by atoms with Crippen molar-refractivity contribution in [2.24, 2.45) is 11.7 Å². The van der Waals surface area contributed by atoms with Gasteiger partial charge < -0.3 is 5.73 Å². The van der Waals surface area contributed by atoms with E-state index in [1.165, 1.54) is 37.9 Å². The van der Waals surface area contributed by atoms with Crippen LogP contribution in [0.3, 0.4) is 0 Å². The van der Waals surface area contributed by atoms with E-state index in [2.05, 4.69) is 24.0 Å². The lowest BCUT2D eigenvalue weighted by Gasteiger charge is -2.16. The molecule has 1 saturated heterocycles. The quantitative estimate of drug-likeness (QED) is 0.619. The largest absolute Gasteiger partial charge is 0.384 e. The molecule has 0 aromatic heterocycles. The maximum Gasteiger partial charge on any atom is 0.122 e. The Morgan fingerprint density at radius 1 is 1.39 bits per heavy atom. The fourth-order valence-corrected chi connectivity index (χ4v) is 2.75. The molecule has 1 aromatic carbocycles. The Labute approximate surface area is 109 Å². The number of hydrogen-bond donors (Lipinski definition) is 2. The summed E-state index contributed by atoms with van der Waals surface area (Å²) < 4.78 is 0. The van der Waals surface area contributed by atoms with Gasteiger partial charge in [0.25, 0.3) is 0 Å². The van der Waals surface area contributed by atoms with E-state index in [4.69, 9.17) is 11.1 Å². The highest BCUT2D eigenvalue weighted by molar-refractivity contribution is 5.94. The van der Waals surface area contributed by atoms with Crippen molar-refractivity contribution in [1.29, 1.82) is 5.41 Å². The van der Waals surface area contributed by atoms with Crippen LogP contribution in [-0.4, -0.2) is 23.8 Å². The Balaban J connectivity index is 1.88. The molecule has 1 unspecified atom stereocenters. The number of benzene rings is 1. The van der Waals surface area contributed by atoms with Crippen LogP contribution in [0.1, 0.15) is 37.3 Å². The van der Waals surface area contributed by atoms with Gasteiger partial charge in [0.05, 0.1) is 0 Å². The van der Waals surface area contributed by atoms with E-state index in [9.17, 15) is 0 Å². The summed E-state index contributed by atoms with van der Waals surface area (Å²) in [5, 5.41) is 7.37. The van der Waals surface area contributed by atoms with Crippen molar-refractivity contribution < 1.29 is 0 Å². The van der Waals surface area contributed by atoms with Crippen molar-refractivity contribution in [2.75, 3.05) is 13.1 Å². The van der Waals surface area contributed by atoms with Crippen LogP contribution in [0.4, 0.5) is 0 Å². The first kappa shape index (κ1) is 13.1. The van der Waals surface area contributed by atoms with Gasteiger partial charge in [0.15, 0.2) is 0 Å². The fourth-order valence-electron chi connectivity index (χ4n) is 2.75.